The van der Waals surface area contributed by atoms with E-state index in [4.69, 9.17) is 4.42 Å². The van der Waals surface area contributed by atoms with Crippen LogP contribution in [0, 0.1) is 0 Å². The van der Waals surface area contributed by atoms with Gasteiger partial charge in [-0.15, -0.1) is 11.3 Å². The highest BCUT2D eigenvalue weighted by Crippen LogP contribution is 2.22. The molecule has 0 aliphatic heterocycles. The Bertz CT molecular complexity index is 713. The molecule has 0 fully saturated rings. The quantitative estimate of drug-likeness (QED) is 0.571. The lowest BCUT2D eigenvalue weighted by Crippen LogP contribution is -2.17. The second-order valence-corrected chi connectivity index (χ2v) is 4.81. The summed E-state index contributed by atoms with van der Waals surface area (Å²) in [5, 5.41) is 12.5. The van der Waals surface area contributed by atoms with Gasteiger partial charge in [-0.2, -0.15) is 10.2 Å². The van der Waals surface area contributed by atoms with Crippen molar-refractivity contribution in [1.82, 2.24) is 15.6 Å². The van der Waals surface area contributed by atoms with Gasteiger partial charge in [-0.3, -0.25) is 9.89 Å². The highest BCUT2D eigenvalue weighted by Gasteiger charge is 2.11. The molecule has 6 nitrogen and oxygen atoms in total. The van der Waals surface area contributed by atoms with E-state index >= 15 is 0 Å². The number of furan rings is 1. The van der Waals surface area contributed by atoms with Crippen LogP contribution in [0.5, 0.6) is 0 Å². The second-order valence-electron chi connectivity index (χ2n) is 3.86. The van der Waals surface area contributed by atoms with Crippen molar-refractivity contribution in [3.8, 4) is 10.6 Å². The van der Waals surface area contributed by atoms with E-state index in [-0.39, 0.29) is 11.6 Å². The number of aromatic amines is 1. The fourth-order valence-corrected chi connectivity index (χ4v) is 2.27. The van der Waals surface area contributed by atoms with Crippen LogP contribution < -0.4 is 5.43 Å². The molecule has 0 aliphatic rings. The summed E-state index contributed by atoms with van der Waals surface area (Å²) in [5.74, 6) is 0.179. The Balaban J connectivity index is 1.66. The van der Waals surface area contributed by atoms with Crippen LogP contribution in [-0.2, 0) is 0 Å². The largest absolute Gasteiger partial charge is 0.463 e. The topological polar surface area (TPSA) is 83.3 Å². The standard InChI is InChI=1S/C13H10N4O2S/c18-13(17-14-8-9-3-1-5-19-9)11-7-10(15-16-11)12-4-2-6-20-12/h1-8H,(H,15,16)(H,17,18)/b14-8-. The lowest BCUT2D eigenvalue weighted by atomic mass is 10.3. The normalized spacial score (nSPS) is 11.0. The van der Waals surface area contributed by atoms with Crippen LogP contribution >= 0.6 is 11.3 Å². The maximum Gasteiger partial charge on any atom is 0.291 e. The van der Waals surface area contributed by atoms with Gasteiger partial charge >= 0.3 is 0 Å². The third-order valence-electron chi connectivity index (χ3n) is 2.50. The average Bonchev–Trinajstić information content (AvgIpc) is 3.20. The zero-order valence-electron chi connectivity index (χ0n) is 10.2. The van der Waals surface area contributed by atoms with Gasteiger partial charge in [-0.05, 0) is 29.6 Å². The van der Waals surface area contributed by atoms with Crippen LogP contribution in [-0.4, -0.2) is 22.3 Å². The molecule has 0 spiro atoms. The Labute approximate surface area is 118 Å². The van der Waals surface area contributed by atoms with Crippen molar-refractivity contribution in [3.05, 3.63) is 53.4 Å². The summed E-state index contributed by atoms with van der Waals surface area (Å²) in [4.78, 5) is 12.8. The Morgan fingerprint density at radius 3 is 3.15 bits per heavy atom. The number of hydrazone groups is 1. The van der Waals surface area contributed by atoms with E-state index in [0.29, 0.717) is 5.76 Å². The number of nitrogens with one attached hydrogen (secondary N) is 2. The van der Waals surface area contributed by atoms with Gasteiger partial charge in [-0.25, -0.2) is 5.43 Å². The minimum absolute atomic E-state index is 0.282. The summed E-state index contributed by atoms with van der Waals surface area (Å²) in [5.41, 5.74) is 3.48. The molecule has 3 rings (SSSR count). The lowest BCUT2D eigenvalue weighted by molar-refractivity contribution is 0.0950. The van der Waals surface area contributed by atoms with E-state index in [2.05, 4.69) is 20.7 Å². The first-order chi connectivity index (χ1) is 9.83. The van der Waals surface area contributed by atoms with E-state index in [1.807, 2.05) is 17.5 Å². The number of rotatable bonds is 4. The summed E-state index contributed by atoms with van der Waals surface area (Å²) in [6.45, 7) is 0. The molecular weight excluding hydrogens is 276 g/mol. The summed E-state index contributed by atoms with van der Waals surface area (Å²) in [6, 6.07) is 9.05. The molecule has 0 unspecified atom stereocenters. The molecule has 3 aromatic rings. The number of hydrogen-bond acceptors (Lipinski definition) is 5. The number of carbonyl (C=O) groups is 1. The fraction of sp³-hybridized carbons (Fsp3) is 0. The monoisotopic (exact) mass is 286 g/mol. The van der Waals surface area contributed by atoms with Crippen LogP contribution in [0.3, 0.4) is 0 Å². The Morgan fingerprint density at radius 1 is 1.45 bits per heavy atom. The van der Waals surface area contributed by atoms with Gasteiger partial charge < -0.3 is 4.42 Å². The van der Waals surface area contributed by atoms with Crippen molar-refractivity contribution in [1.29, 1.82) is 0 Å². The predicted molar refractivity (Wildman–Crippen MR) is 75.7 cm³/mol. The highest BCUT2D eigenvalue weighted by molar-refractivity contribution is 7.13. The molecule has 3 aromatic heterocycles. The van der Waals surface area contributed by atoms with Gasteiger partial charge in [0.15, 0.2) is 5.69 Å². The van der Waals surface area contributed by atoms with Crippen molar-refractivity contribution in [3.63, 3.8) is 0 Å². The third kappa shape index (κ3) is 2.67. The van der Waals surface area contributed by atoms with Gasteiger partial charge in [0.05, 0.1) is 23.0 Å². The van der Waals surface area contributed by atoms with Crippen LogP contribution in [0.1, 0.15) is 16.2 Å². The molecule has 0 aromatic carbocycles. The van der Waals surface area contributed by atoms with E-state index in [9.17, 15) is 4.79 Å². The van der Waals surface area contributed by atoms with E-state index in [0.717, 1.165) is 10.6 Å². The van der Waals surface area contributed by atoms with E-state index in [1.54, 1.807) is 29.5 Å². The second kappa shape index (κ2) is 5.54. The molecule has 2 N–H and O–H groups in total. The van der Waals surface area contributed by atoms with Crippen molar-refractivity contribution < 1.29 is 9.21 Å². The molecule has 20 heavy (non-hydrogen) atoms. The van der Waals surface area contributed by atoms with Crippen molar-refractivity contribution >= 4 is 23.5 Å². The molecule has 0 saturated heterocycles. The van der Waals surface area contributed by atoms with E-state index < -0.39 is 0 Å². The van der Waals surface area contributed by atoms with Gasteiger partial charge in [-0.1, -0.05) is 6.07 Å². The minimum atomic E-state index is -0.383. The van der Waals surface area contributed by atoms with E-state index in [1.165, 1.54) is 12.5 Å². The third-order valence-corrected chi connectivity index (χ3v) is 3.40. The van der Waals surface area contributed by atoms with Crippen molar-refractivity contribution in [2.24, 2.45) is 5.10 Å². The molecule has 0 aliphatic carbocycles. The summed E-state index contributed by atoms with van der Waals surface area (Å²) in [7, 11) is 0. The number of H-pyrrole nitrogens is 1. The number of aromatic nitrogens is 2. The Kier molecular flexibility index (Phi) is 3.42. The first-order valence-corrected chi connectivity index (χ1v) is 6.67. The fourth-order valence-electron chi connectivity index (χ4n) is 1.57. The van der Waals surface area contributed by atoms with Crippen LogP contribution in [0.4, 0.5) is 0 Å². The smallest absolute Gasteiger partial charge is 0.291 e. The number of amides is 1. The molecule has 7 heteroatoms. The Hall–Kier alpha value is -2.67. The number of hydrogen-bond donors (Lipinski definition) is 2. The zero-order chi connectivity index (χ0) is 13.8. The number of carbonyl (C=O) groups excluding carboxylic acids is 1. The Morgan fingerprint density at radius 2 is 2.40 bits per heavy atom. The molecule has 1 amide bonds. The van der Waals surface area contributed by atoms with Gasteiger partial charge in [0.1, 0.15) is 5.76 Å². The van der Waals surface area contributed by atoms with Gasteiger partial charge in [0.2, 0.25) is 0 Å². The van der Waals surface area contributed by atoms with Gasteiger partial charge in [0.25, 0.3) is 5.91 Å². The SMILES string of the molecule is O=C(N/N=C\c1ccco1)c1cc(-c2cccs2)[nH]n1. The maximum absolute atomic E-state index is 11.8. The first-order valence-electron chi connectivity index (χ1n) is 5.79. The summed E-state index contributed by atoms with van der Waals surface area (Å²) in [6.07, 6.45) is 2.95. The lowest BCUT2D eigenvalue weighted by Gasteiger charge is -1.93. The maximum atomic E-state index is 11.8. The number of nitrogens with zero attached hydrogens (tertiary/aromatic N) is 2. The molecular formula is C13H10N4O2S. The average molecular weight is 286 g/mol. The molecule has 0 radical (unpaired) electrons. The zero-order valence-corrected chi connectivity index (χ0v) is 11.1. The predicted octanol–water partition coefficient (Wildman–Crippen LogP) is 2.50. The molecule has 0 atom stereocenters. The first kappa shape index (κ1) is 12.4. The van der Waals surface area contributed by atoms with Crippen LogP contribution in [0.2, 0.25) is 0 Å². The summed E-state index contributed by atoms with van der Waals surface area (Å²) < 4.78 is 5.05. The molecule has 100 valence electrons. The highest BCUT2D eigenvalue weighted by atomic mass is 32.1. The molecule has 0 saturated carbocycles. The van der Waals surface area contributed by atoms with Crippen molar-refractivity contribution in [2.45, 2.75) is 0 Å². The summed E-state index contributed by atoms with van der Waals surface area (Å²) >= 11 is 1.57. The van der Waals surface area contributed by atoms with Crippen LogP contribution in [0.25, 0.3) is 10.6 Å². The van der Waals surface area contributed by atoms with Gasteiger partial charge in [0, 0.05) is 0 Å². The van der Waals surface area contributed by atoms with Crippen LogP contribution in [0.15, 0.2) is 51.5 Å². The number of thiophene rings is 1. The minimum Gasteiger partial charge on any atom is -0.463 e. The molecule has 3 heterocycles. The molecule has 0 bridgehead atoms. The van der Waals surface area contributed by atoms with Crippen molar-refractivity contribution in [2.75, 3.05) is 0 Å².